The fraction of sp³-hybridized carbons (Fsp3) is 0.600. The lowest BCUT2D eigenvalue weighted by Gasteiger charge is -2.29. The molecule has 0 radical (unpaired) electrons. The number of hydrogen-bond donors (Lipinski definition) is 2. The smallest absolute Gasteiger partial charge is 0.265 e. The summed E-state index contributed by atoms with van der Waals surface area (Å²) in [4.78, 5) is 22.8. The van der Waals surface area contributed by atoms with Crippen LogP contribution in [0.4, 0.5) is 0 Å². The molecular weight excluding hydrogens is 194 g/mol. The Balaban J connectivity index is 2.55. The summed E-state index contributed by atoms with van der Waals surface area (Å²) >= 11 is 0. The van der Waals surface area contributed by atoms with Crippen LogP contribution in [0.5, 0.6) is 0 Å². The van der Waals surface area contributed by atoms with Crippen LogP contribution in [0.15, 0.2) is 21.7 Å². The maximum Gasteiger partial charge on any atom is 0.265 e. The molecule has 1 aliphatic carbocycles. The van der Waals surface area contributed by atoms with Crippen LogP contribution in [0.25, 0.3) is 0 Å². The van der Waals surface area contributed by atoms with E-state index in [1.807, 2.05) is 6.92 Å². The molecule has 1 aromatic rings. The molecule has 2 rings (SSSR count). The van der Waals surface area contributed by atoms with Gasteiger partial charge in [-0.15, -0.1) is 0 Å². The third-order valence-electron chi connectivity index (χ3n) is 3.20. The fourth-order valence-electron chi connectivity index (χ4n) is 1.95. The molecule has 0 aliphatic heterocycles. The molecule has 3 N–H and O–H groups in total. The molecule has 0 amide bonds. The predicted molar refractivity (Wildman–Crippen MR) is 56.7 cm³/mol. The van der Waals surface area contributed by atoms with Crippen LogP contribution < -0.4 is 16.9 Å². The Morgan fingerprint density at radius 2 is 2.20 bits per heavy atom. The molecule has 5 heteroatoms. The summed E-state index contributed by atoms with van der Waals surface area (Å²) in [6.45, 7) is 2.28. The zero-order chi connectivity index (χ0) is 11.1. The first kappa shape index (κ1) is 10.2. The minimum Gasteiger partial charge on any atom is -0.328 e. The highest BCUT2D eigenvalue weighted by Gasteiger charge is 2.43. The summed E-state index contributed by atoms with van der Waals surface area (Å²) in [5.41, 5.74) is 4.80. The lowest BCUT2D eigenvalue weighted by atomic mass is 9.96. The Kier molecular flexibility index (Phi) is 2.26. The van der Waals surface area contributed by atoms with Crippen molar-refractivity contribution in [1.82, 2.24) is 9.78 Å². The third kappa shape index (κ3) is 1.63. The van der Waals surface area contributed by atoms with Gasteiger partial charge in [0.1, 0.15) is 0 Å². The Bertz CT molecular complexity index is 472. The van der Waals surface area contributed by atoms with Gasteiger partial charge in [0.25, 0.3) is 11.1 Å². The predicted octanol–water partition coefficient (Wildman–Crippen LogP) is -0.379. The molecule has 1 unspecified atom stereocenters. The minimum absolute atomic E-state index is 0.200. The second-order valence-corrected chi connectivity index (χ2v) is 4.32. The number of aromatic nitrogens is 2. The van der Waals surface area contributed by atoms with Crippen LogP contribution in [0.1, 0.15) is 19.8 Å². The molecule has 1 heterocycles. The number of rotatable bonds is 3. The summed E-state index contributed by atoms with van der Waals surface area (Å²) in [5, 5.41) is 2.56. The van der Waals surface area contributed by atoms with Gasteiger partial charge in [0, 0.05) is 18.7 Å². The molecule has 1 aromatic heterocycles. The number of nitrogens with one attached hydrogen (secondary N) is 1. The van der Waals surface area contributed by atoms with Crippen LogP contribution in [-0.2, 0) is 5.54 Å². The van der Waals surface area contributed by atoms with Gasteiger partial charge in [-0.3, -0.25) is 14.7 Å². The van der Waals surface area contributed by atoms with Gasteiger partial charge in [-0.05, 0) is 25.7 Å². The van der Waals surface area contributed by atoms with E-state index in [0.29, 0.717) is 12.5 Å². The molecule has 1 fully saturated rings. The van der Waals surface area contributed by atoms with Gasteiger partial charge in [-0.25, -0.2) is 4.68 Å². The molecule has 0 spiro atoms. The van der Waals surface area contributed by atoms with Gasteiger partial charge < -0.3 is 5.73 Å². The molecule has 1 aliphatic rings. The fourth-order valence-corrected chi connectivity index (χ4v) is 1.95. The maximum atomic E-state index is 11.6. The molecule has 0 aromatic carbocycles. The number of nitrogens with zero attached hydrogens (tertiary/aromatic N) is 1. The first-order chi connectivity index (χ1) is 7.08. The van der Waals surface area contributed by atoms with E-state index in [0.717, 1.165) is 12.8 Å². The SMILES string of the molecule is CC(CN)(C1CC1)n1[nH]c(=O)ccc1=O. The molecule has 1 saturated carbocycles. The normalized spacial score (nSPS) is 19.9. The van der Waals surface area contributed by atoms with Crippen LogP contribution in [0, 0.1) is 5.92 Å². The molecule has 0 saturated heterocycles. The molecule has 1 atom stereocenters. The Morgan fingerprint density at radius 1 is 1.53 bits per heavy atom. The van der Waals surface area contributed by atoms with Gasteiger partial charge >= 0.3 is 0 Å². The minimum atomic E-state index is -0.447. The quantitative estimate of drug-likeness (QED) is 0.712. The molecule has 0 bridgehead atoms. The van der Waals surface area contributed by atoms with Crippen molar-refractivity contribution in [2.45, 2.75) is 25.3 Å². The Morgan fingerprint density at radius 3 is 2.73 bits per heavy atom. The second-order valence-electron chi connectivity index (χ2n) is 4.32. The first-order valence-corrected chi connectivity index (χ1v) is 5.11. The number of hydrogen-bond acceptors (Lipinski definition) is 3. The van der Waals surface area contributed by atoms with Gasteiger partial charge in [0.05, 0.1) is 5.54 Å². The molecule has 82 valence electrons. The van der Waals surface area contributed by atoms with Crippen molar-refractivity contribution in [3.05, 3.63) is 32.8 Å². The van der Waals surface area contributed by atoms with Gasteiger partial charge in [0.15, 0.2) is 0 Å². The highest BCUT2D eigenvalue weighted by Crippen LogP contribution is 2.42. The van der Waals surface area contributed by atoms with Crippen molar-refractivity contribution >= 4 is 0 Å². The highest BCUT2D eigenvalue weighted by molar-refractivity contribution is 4.99. The third-order valence-corrected chi connectivity index (χ3v) is 3.20. The Labute approximate surface area is 86.9 Å². The lowest BCUT2D eigenvalue weighted by Crippen LogP contribution is -2.49. The average molecular weight is 209 g/mol. The van der Waals surface area contributed by atoms with E-state index in [1.54, 1.807) is 0 Å². The van der Waals surface area contributed by atoms with Crippen LogP contribution >= 0.6 is 0 Å². The van der Waals surface area contributed by atoms with Gasteiger partial charge in [-0.2, -0.15) is 0 Å². The van der Waals surface area contributed by atoms with E-state index in [-0.39, 0.29) is 11.1 Å². The van der Waals surface area contributed by atoms with Crippen molar-refractivity contribution in [3.8, 4) is 0 Å². The van der Waals surface area contributed by atoms with E-state index >= 15 is 0 Å². The summed E-state index contributed by atoms with van der Waals surface area (Å²) in [6.07, 6.45) is 2.13. The van der Waals surface area contributed by atoms with Crippen LogP contribution in [-0.4, -0.2) is 16.3 Å². The topological polar surface area (TPSA) is 80.9 Å². The highest BCUT2D eigenvalue weighted by atomic mass is 16.2. The first-order valence-electron chi connectivity index (χ1n) is 5.11. The molecule has 15 heavy (non-hydrogen) atoms. The largest absolute Gasteiger partial charge is 0.328 e. The second kappa shape index (κ2) is 3.34. The summed E-state index contributed by atoms with van der Waals surface area (Å²) < 4.78 is 1.38. The van der Waals surface area contributed by atoms with Crippen molar-refractivity contribution in [3.63, 3.8) is 0 Å². The zero-order valence-electron chi connectivity index (χ0n) is 8.69. The molecule has 5 nitrogen and oxygen atoms in total. The monoisotopic (exact) mass is 209 g/mol. The van der Waals surface area contributed by atoms with Crippen LogP contribution in [0.2, 0.25) is 0 Å². The number of aromatic amines is 1. The van der Waals surface area contributed by atoms with E-state index in [9.17, 15) is 9.59 Å². The van der Waals surface area contributed by atoms with Gasteiger partial charge in [0.2, 0.25) is 0 Å². The standard InChI is InChI=1S/C10H15N3O2/c1-10(6-11,7-2-3-7)13-9(15)5-4-8(14)12-13/h4-5,7H,2-3,6,11H2,1H3,(H,12,14). The number of nitrogens with two attached hydrogens (primary N) is 1. The lowest BCUT2D eigenvalue weighted by molar-refractivity contribution is 0.239. The van der Waals surface area contributed by atoms with Crippen LogP contribution in [0.3, 0.4) is 0 Å². The summed E-state index contributed by atoms with van der Waals surface area (Å²) in [5.74, 6) is 0.401. The van der Waals surface area contributed by atoms with Crippen molar-refractivity contribution in [2.75, 3.05) is 6.54 Å². The average Bonchev–Trinajstić information content (AvgIpc) is 3.04. The van der Waals surface area contributed by atoms with Gasteiger partial charge in [-0.1, -0.05) is 0 Å². The maximum absolute atomic E-state index is 11.6. The Hall–Kier alpha value is -1.36. The van der Waals surface area contributed by atoms with Crippen molar-refractivity contribution in [1.29, 1.82) is 0 Å². The molecular formula is C10H15N3O2. The van der Waals surface area contributed by atoms with Crippen molar-refractivity contribution in [2.24, 2.45) is 11.7 Å². The van der Waals surface area contributed by atoms with E-state index < -0.39 is 5.54 Å². The summed E-state index contributed by atoms with van der Waals surface area (Å²) in [6, 6.07) is 2.53. The van der Waals surface area contributed by atoms with E-state index in [4.69, 9.17) is 5.73 Å². The number of H-pyrrole nitrogens is 1. The zero-order valence-corrected chi connectivity index (χ0v) is 8.69. The van der Waals surface area contributed by atoms with E-state index in [1.165, 1.54) is 16.8 Å². The summed E-state index contributed by atoms with van der Waals surface area (Å²) in [7, 11) is 0. The van der Waals surface area contributed by atoms with E-state index in [2.05, 4.69) is 5.10 Å². The van der Waals surface area contributed by atoms with Crippen molar-refractivity contribution < 1.29 is 0 Å².